The van der Waals surface area contributed by atoms with Gasteiger partial charge in [-0.2, -0.15) is 0 Å². The number of hydrogen-bond donors (Lipinski definition) is 0. The van der Waals surface area contributed by atoms with E-state index in [2.05, 4.69) is 18.7 Å². The van der Waals surface area contributed by atoms with Gasteiger partial charge in [0.2, 0.25) is 5.91 Å². The second-order valence-electron chi connectivity index (χ2n) is 8.50. The van der Waals surface area contributed by atoms with Gasteiger partial charge in [-0.1, -0.05) is 26.0 Å². The molecule has 3 atom stereocenters. The van der Waals surface area contributed by atoms with Crippen LogP contribution >= 0.6 is 0 Å². The first-order chi connectivity index (χ1) is 13.8. The van der Waals surface area contributed by atoms with Gasteiger partial charge in [-0.25, -0.2) is 4.39 Å². The Hall–Kier alpha value is -1.99. The van der Waals surface area contributed by atoms with Gasteiger partial charge in [-0.15, -0.1) is 0 Å². The number of amides is 2. The number of ether oxygens (including phenoxy) is 1. The summed E-state index contributed by atoms with van der Waals surface area (Å²) in [5, 5.41) is 0. The van der Waals surface area contributed by atoms with Gasteiger partial charge in [0.15, 0.2) is 0 Å². The van der Waals surface area contributed by atoms with E-state index < -0.39 is 5.82 Å². The van der Waals surface area contributed by atoms with E-state index in [0.29, 0.717) is 26.2 Å². The zero-order valence-corrected chi connectivity index (χ0v) is 17.8. The van der Waals surface area contributed by atoms with Crippen molar-refractivity contribution in [1.29, 1.82) is 0 Å². The van der Waals surface area contributed by atoms with Gasteiger partial charge in [0.05, 0.1) is 23.8 Å². The third-order valence-electron chi connectivity index (χ3n) is 5.71. The van der Waals surface area contributed by atoms with Crippen molar-refractivity contribution in [3.63, 3.8) is 0 Å². The molecule has 160 valence electrons. The number of rotatable bonds is 4. The minimum atomic E-state index is -0.508. The highest BCUT2D eigenvalue weighted by molar-refractivity contribution is 5.94. The van der Waals surface area contributed by atoms with E-state index >= 15 is 0 Å². The molecule has 1 aromatic carbocycles. The molecule has 2 heterocycles. The van der Waals surface area contributed by atoms with Crippen molar-refractivity contribution in [3.05, 3.63) is 35.6 Å². The number of carbonyl (C=O) groups is 2. The van der Waals surface area contributed by atoms with E-state index in [4.69, 9.17) is 4.74 Å². The number of benzene rings is 1. The van der Waals surface area contributed by atoms with Gasteiger partial charge in [0, 0.05) is 39.3 Å². The lowest BCUT2D eigenvalue weighted by atomic mass is 9.98. The van der Waals surface area contributed by atoms with Gasteiger partial charge in [0.25, 0.3) is 5.91 Å². The van der Waals surface area contributed by atoms with Gasteiger partial charge in [-0.3, -0.25) is 14.5 Å². The predicted octanol–water partition coefficient (Wildman–Crippen LogP) is 2.24. The third-order valence-corrected chi connectivity index (χ3v) is 5.71. The molecule has 3 unspecified atom stereocenters. The molecule has 1 aromatic rings. The largest absolute Gasteiger partial charge is 0.373 e. The molecular formula is C22H32FN3O3. The Morgan fingerprint density at radius 1 is 1.00 bits per heavy atom. The standard InChI is InChI=1S/C22H32FN3O3/c1-15(2)20(26-13-16(3)29-17(4)14-26)22(28)25-11-9-24(10-12-25)21(27)18-7-5-6-8-19(18)23/h5-8,15-17,20H,9-14H2,1-4H3. The number of carbonyl (C=O) groups excluding carboxylic acids is 2. The van der Waals surface area contributed by atoms with Crippen LogP contribution in [0.25, 0.3) is 0 Å². The van der Waals surface area contributed by atoms with Crippen LogP contribution in [0.3, 0.4) is 0 Å². The van der Waals surface area contributed by atoms with Crippen LogP contribution < -0.4 is 0 Å². The monoisotopic (exact) mass is 405 g/mol. The van der Waals surface area contributed by atoms with Crippen LogP contribution in [0.2, 0.25) is 0 Å². The van der Waals surface area contributed by atoms with E-state index in [0.717, 1.165) is 13.1 Å². The predicted molar refractivity (Wildman–Crippen MR) is 109 cm³/mol. The fourth-order valence-corrected chi connectivity index (χ4v) is 4.43. The van der Waals surface area contributed by atoms with Crippen molar-refractivity contribution in [1.82, 2.24) is 14.7 Å². The van der Waals surface area contributed by atoms with Crippen LogP contribution in [0.5, 0.6) is 0 Å². The van der Waals surface area contributed by atoms with Crippen molar-refractivity contribution in [2.24, 2.45) is 5.92 Å². The molecule has 0 N–H and O–H groups in total. The molecule has 0 aromatic heterocycles. The molecule has 7 heteroatoms. The summed E-state index contributed by atoms with van der Waals surface area (Å²) in [6, 6.07) is 5.84. The van der Waals surface area contributed by atoms with Crippen LogP contribution in [0.1, 0.15) is 38.1 Å². The summed E-state index contributed by atoms with van der Waals surface area (Å²) in [7, 11) is 0. The van der Waals surface area contributed by atoms with E-state index in [9.17, 15) is 14.0 Å². The normalized spacial score (nSPS) is 24.6. The Morgan fingerprint density at radius 3 is 2.10 bits per heavy atom. The molecular weight excluding hydrogens is 373 g/mol. The molecule has 2 fully saturated rings. The lowest BCUT2D eigenvalue weighted by Gasteiger charge is -2.44. The average Bonchev–Trinajstić information content (AvgIpc) is 2.67. The first-order valence-electron chi connectivity index (χ1n) is 10.5. The molecule has 2 saturated heterocycles. The van der Waals surface area contributed by atoms with Crippen molar-refractivity contribution in [3.8, 4) is 0 Å². The van der Waals surface area contributed by atoms with E-state index in [1.54, 1.807) is 17.0 Å². The van der Waals surface area contributed by atoms with Crippen molar-refractivity contribution in [2.75, 3.05) is 39.3 Å². The van der Waals surface area contributed by atoms with E-state index in [-0.39, 0.29) is 41.5 Å². The Labute approximate surface area is 172 Å². The van der Waals surface area contributed by atoms with Crippen molar-refractivity contribution < 1.29 is 18.7 Å². The molecule has 2 amide bonds. The van der Waals surface area contributed by atoms with Crippen LogP contribution in [-0.4, -0.2) is 84.0 Å². The quantitative estimate of drug-likeness (QED) is 0.771. The first-order valence-corrected chi connectivity index (χ1v) is 10.5. The van der Waals surface area contributed by atoms with Gasteiger partial charge >= 0.3 is 0 Å². The Kier molecular flexibility index (Phi) is 6.90. The maximum Gasteiger partial charge on any atom is 0.256 e. The number of halogens is 1. The maximum atomic E-state index is 13.9. The average molecular weight is 406 g/mol. The number of morpholine rings is 1. The highest BCUT2D eigenvalue weighted by Crippen LogP contribution is 2.21. The zero-order chi connectivity index (χ0) is 21.1. The van der Waals surface area contributed by atoms with Gasteiger partial charge < -0.3 is 14.5 Å². The summed E-state index contributed by atoms with van der Waals surface area (Å²) in [5.41, 5.74) is 0.0867. The van der Waals surface area contributed by atoms with E-state index in [1.165, 1.54) is 12.1 Å². The fourth-order valence-electron chi connectivity index (χ4n) is 4.43. The molecule has 2 aliphatic rings. The number of hydrogen-bond acceptors (Lipinski definition) is 4. The molecule has 6 nitrogen and oxygen atoms in total. The number of nitrogens with zero attached hydrogens (tertiary/aromatic N) is 3. The lowest BCUT2D eigenvalue weighted by molar-refractivity contribution is -0.146. The molecule has 0 bridgehead atoms. The molecule has 0 aliphatic carbocycles. The second kappa shape index (κ2) is 9.22. The summed E-state index contributed by atoms with van der Waals surface area (Å²) in [5.74, 6) is -0.532. The topological polar surface area (TPSA) is 53.1 Å². The van der Waals surface area contributed by atoms with Gasteiger partial charge in [-0.05, 0) is 31.9 Å². The van der Waals surface area contributed by atoms with Crippen molar-refractivity contribution in [2.45, 2.75) is 45.9 Å². The Morgan fingerprint density at radius 2 is 1.55 bits per heavy atom. The summed E-state index contributed by atoms with van der Waals surface area (Å²) in [6.45, 7) is 11.5. The Bertz CT molecular complexity index is 724. The second-order valence-corrected chi connectivity index (χ2v) is 8.50. The van der Waals surface area contributed by atoms with Crippen LogP contribution in [0.15, 0.2) is 24.3 Å². The molecule has 3 rings (SSSR count). The Balaban J connectivity index is 1.63. The third kappa shape index (κ3) is 4.95. The van der Waals surface area contributed by atoms with Crippen LogP contribution in [0, 0.1) is 11.7 Å². The first kappa shape index (κ1) is 21.7. The molecule has 29 heavy (non-hydrogen) atoms. The minimum Gasteiger partial charge on any atom is -0.373 e. The summed E-state index contributed by atoms with van der Waals surface area (Å²) >= 11 is 0. The highest BCUT2D eigenvalue weighted by atomic mass is 19.1. The number of piperazine rings is 1. The molecule has 0 radical (unpaired) electrons. The summed E-state index contributed by atoms with van der Waals surface area (Å²) in [4.78, 5) is 31.7. The van der Waals surface area contributed by atoms with Crippen molar-refractivity contribution >= 4 is 11.8 Å². The summed E-state index contributed by atoms with van der Waals surface area (Å²) in [6.07, 6.45) is 0.200. The van der Waals surface area contributed by atoms with Crippen LogP contribution in [0.4, 0.5) is 4.39 Å². The lowest BCUT2D eigenvalue weighted by Crippen LogP contribution is -2.60. The van der Waals surface area contributed by atoms with Gasteiger partial charge in [0.1, 0.15) is 5.82 Å². The molecule has 2 aliphatic heterocycles. The maximum absolute atomic E-state index is 13.9. The molecule has 0 spiro atoms. The SMILES string of the molecule is CC1CN(C(C(=O)N2CCN(C(=O)c3ccccc3F)CC2)C(C)C)CC(C)O1. The van der Waals surface area contributed by atoms with E-state index in [1.807, 2.05) is 18.7 Å². The highest BCUT2D eigenvalue weighted by Gasteiger charge is 2.37. The minimum absolute atomic E-state index is 0.0867. The summed E-state index contributed by atoms with van der Waals surface area (Å²) < 4.78 is 19.8. The van der Waals surface area contributed by atoms with Crippen LogP contribution in [-0.2, 0) is 9.53 Å². The smallest absolute Gasteiger partial charge is 0.256 e. The zero-order valence-electron chi connectivity index (χ0n) is 17.8. The fraction of sp³-hybridized carbons (Fsp3) is 0.636. The molecule has 0 saturated carbocycles.